The number of hydrogen-bond acceptors (Lipinski definition) is 3. The van der Waals surface area contributed by atoms with E-state index >= 15 is 0 Å². The number of ketones is 1. The van der Waals surface area contributed by atoms with Gasteiger partial charge in [-0.15, -0.1) is 0 Å². The van der Waals surface area contributed by atoms with Crippen molar-refractivity contribution in [3.05, 3.63) is 35.4 Å². The van der Waals surface area contributed by atoms with Gasteiger partial charge >= 0.3 is 0 Å². The number of ether oxygens (including phenoxy) is 1. The predicted octanol–water partition coefficient (Wildman–Crippen LogP) is 2.65. The van der Waals surface area contributed by atoms with Crippen molar-refractivity contribution in [2.45, 2.75) is 25.9 Å². The number of rotatable bonds is 5. The number of likely N-dealkylation sites (tertiary alicyclic amines) is 1. The molecule has 0 radical (unpaired) electrons. The molecule has 1 aliphatic heterocycles. The second-order valence-corrected chi connectivity index (χ2v) is 4.95. The van der Waals surface area contributed by atoms with Gasteiger partial charge in [0, 0.05) is 19.7 Å². The Morgan fingerprint density at radius 2 is 1.90 bits per heavy atom. The molecule has 3 nitrogen and oxygen atoms in total. The van der Waals surface area contributed by atoms with Crippen LogP contribution in [-0.2, 0) is 4.74 Å². The average Bonchev–Trinajstić information content (AvgIpc) is 2.41. The molecule has 110 valence electrons. The van der Waals surface area contributed by atoms with E-state index in [9.17, 15) is 13.6 Å². The van der Waals surface area contributed by atoms with Crippen molar-refractivity contribution in [1.29, 1.82) is 0 Å². The van der Waals surface area contributed by atoms with Crippen LogP contribution in [0.2, 0.25) is 0 Å². The maximum atomic E-state index is 13.5. The number of nitrogens with zero attached hydrogens (tertiary/aromatic N) is 1. The summed E-state index contributed by atoms with van der Waals surface area (Å²) in [6.07, 6.45) is 1.93. The molecule has 0 atom stereocenters. The predicted molar refractivity (Wildman–Crippen MR) is 71.8 cm³/mol. The van der Waals surface area contributed by atoms with Crippen LogP contribution in [0.1, 0.15) is 30.1 Å². The Morgan fingerprint density at radius 1 is 1.30 bits per heavy atom. The lowest BCUT2D eigenvalue weighted by Gasteiger charge is -2.31. The zero-order valence-electron chi connectivity index (χ0n) is 11.6. The molecule has 5 heteroatoms. The van der Waals surface area contributed by atoms with Gasteiger partial charge < -0.3 is 4.74 Å². The second-order valence-electron chi connectivity index (χ2n) is 4.95. The number of Topliss-reactive ketones (excluding diaryl/α,β-unsaturated/α-hetero) is 1. The van der Waals surface area contributed by atoms with Gasteiger partial charge in [0.05, 0.1) is 18.2 Å². The molecule has 1 aromatic carbocycles. The van der Waals surface area contributed by atoms with Crippen LogP contribution in [0.25, 0.3) is 0 Å². The lowest BCUT2D eigenvalue weighted by molar-refractivity contribution is 0.0147. The van der Waals surface area contributed by atoms with E-state index in [0.29, 0.717) is 19.7 Å². The molecule has 1 aromatic rings. The molecule has 0 amide bonds. The van der Waals surface area contributed by atoms with E-state index in [1.54, 1.807) is 0 Å². The van der Waals surface area contributed by atoms with Crippen LogP contribution in [0.5, 0.6) is 0 Å². The van der Waals surface area contributed by atoms with Crippen molar-refractivity contribution in [1.82, 2.24) is 4.90 Å². The smallest absolute Gasteiger partial charge is 0.182 e. The van der Waals surface area contributed by atoms with Gasteiger partial charge in [0.1, 0.15) is 11.6 Å². The summed E-state index contributed by atoms with van der Waals surface area (Å²) in [5, 5.41) is 0. The summed E-state index contributed by atoms with van der Waals surface area (Å²) in [6, 6.07) is 3.48. The third kappa shape index (κ3) is 3.61. The molecule has 0 aliphatic carbocycles. The van der Waals surface area contributed by atoms with Gasteiger partial charge in [0.2, 0.25) is 0 Å². The first-order valence-electron chi connectivity index (χ1n) is 6.93. The summed E-state index contributed by atoms with van der Waals surface area (Å²) in [6.45, 7) is 4.12. The Hall–Kier alpha value is -1.33. The van der Waals surface area contributed by atoms with E-state index in [0.717, 1.165) is 25.0 Å². The third-order valence-electron chi connectivity index (χ3n) is 3.55. The molecule has 1 heterocycles. The molecule has 20 heavy (non-hydrogen) atoms. The topological polar surface area (TPSA) is 29.5 Å². The number of piperidine rings is 1. The van der Waals surface area contributed by atoms with Gasteiger partial charge in [-0.3, -0.25) is 9.69 Å². The Kier molecular flexibility index (Phi) is 5.20. The number of carbonyl (C=O) groups excluding carboxylic acids is 1. The summed E-state index contributed by atoms with van der Waals surface area (Å²) in [5.41, 5.74) is -0.431. The quantitative estimate of drug-likeness (QED) is 0.778. The van der Waals surface area contributed by atoms with E-state index in [4.69, 9.17) is 4.74 Å². The summed E-state index contributed by atoms with van der Waals surface area (Å²) >= 11 is 0. The zero-order valence-corrected chi connectivity index (χ0v) is 11.6. The minimum absolute atomic E-state index is 0.0523. The van der Waals surface area contributed by atoms with Gasteiger partial charge in [0.25, 0.3) is 0 Å². The number of halogens is 2. The lowest BCUT2D eigenvalue weighted by atomic mass is 10.1. The summed E-state index contributed by atoms with van der Waals surface area (Å²) in [7, 11) is 0. The van der Waals surface area contributed by atoms with E-state index in [1.165, 1.54) is 6.07 Å². The summed E-state index contributed by atoms with van der Waals surface area (Å²) in [4.78, 5) is 13.9. The van der Waals surface area contributed by atoms with Crippen LogP contribution >= 0.6 is 0 Å². The van der Waals surface area contributed by atoms with Crippen molar-refractivity contribution in [3.63, 3.8) is 0 Å². The van der Waals surface area contributed by atoms with Gasteiger partial charge in [-0.25, -0.2) is 8.78 Å². The normalized spacial score (nSPS) is 17.4. The Balaban J connectivity index is 1.93. The monoisotopic (exact) mass is 283 g/mol. The van der Waals surface area contributed by atoms with Gasteiger partial charge in [-0.05, 0) is 31.9 Å². The molecule has 0 spiro atoms. The van der Waals surface area contributed by atoms with Crippen molar-refractivity contribution in [2.75, 3.05) is 26.2 Å². The van der Waals surface area contributed by atoms with Crippen molar-refractivity contribution in [3.8, 4) is 0 Å². The van der Waals surface area contributed by atoms with Gasteiger partial charge in [-0.2, -0.15) is 0 Å². The largest absolute Gasteiger partial charge is 0.378 e. The summed E-state index contributed by atoms with van der Waals surface area (Å²) < 4.78 is 32.6. The van der Waals surface area contributed by atoms with Crippen LogP contribution in [0.3, 0.4) is 0 Å². The van der Waals surface area contributed by atoms with Gasteiger partial charge in [0.15, 0.2) is 5.78 Å². The fourth-order valence-electron chi connectivity index (χ4n) is 2.52. The average molecular weight is 283 g/mol. The third-order valence-corrected chi connectivity index (χ3v) is 3.55. The first-order valence-corrected chi connectivity index (χ1v) is 6.93. The zero-order chi connectivity index (χ0) is 14.5. The van der Waals surface area contributed by atoms with Crippen LogP contribution in [0.4, 0.5) is 8.78 Å². The SMILES string of the molecule is CCOC1CCN(CC(=O)c2c(F)cccc2F)CC1. The van der Waals surface area contributed by atoms with E-state index in [-0.39, 0.29) is 12.6 Å². The molecule has 1 saturated heterocycles. The van der Waals surface area contributed by atoms with Crippen molar-refractivity contribution >= 4 is 5.78 Å². The number of carbonyl (C=O) groups is 1. The van der Waals surface area contributed by atoms with Crippen LogP contribution < -0.4 is 0 Å². The van der Waals surface area contributed by atoms with E-state index in [1.807, 2.05) is 11.8 Å². The standard InChI is InChI=1S/C15H19F2NO2/c1-2-20-11-6-8-18(9-7-11)10-14(19)15-12(16)4-3-5-13(15)17/h3-5,11H,2,6-10H2,1H3. The minimum Gasteiger partial charge on any atom is -0.378 e. The molecule has 1 fully saturated rings. The molecule has 0 unspecified atom stereocenters. The lowest BCUT2D eigenvalue weighted by Crippen LogP contribution is -2.40. The highest BCUT2D eigenvalue weighted by Crippen LogP contribution is 2.17. The Bertz CT molecular complexity index is 451. The molecular formula is C15H19F2NO2. The first-order chi connectivity index (χ1) is 9.61. The maximum absolute atomic E-state index is 13.5. The summed E-state index contributed by atoms with van der Waals surface area (Å²) in [5.74, 6) is -2.09. The van der Waals surface area contributed by atoms with E-state index in [2.05, 4.69) is 0 Å². The van der Waals surface area contributed by atoms with Crippen LogP contribution in [0, 0.1) is 11.6 Å². The van der Waals surface area contributed by atoms with E-state index < -0.39 is 23.0 Å². The highest BCUT2D eigenvalue weighted by atomic mass is 19.1. The van der Waals surface area contributed by atoms with Gasteiger partial charge in [-0.1, -0.05) is 6.07 Å². The highest BCUT2D eigenvalue weighted by molar-refractivity contribution is 5.98. The highest BCUT2D eigenvalue weighted by Gasteiger charge is 2.24. The number of hydrogen-bond donors (Lipinski definition) is 0. The minimum atomic E-state index is -0.792. The molecule has 0 aromatic heterocycles. The molecule has 2 rings (SSSR count). The first kappa shape index (κ1) is 15.1. The molecule has 1 aliphatic rings. The molecular weight excluding hydrogens is 264 g/mol. The molecule has 0 saturated carbocycles. The Morgan fingerprint density at radius 3 is 2.45 bits per heavy atom. The molecule has 0 bridgehead atoms. The number of benzene rings is 1. The van der Waals surface area contributed by atoms with Crippen LogP contribution in [0.15, 0.2) is 18.2 Å². The fraction of sp³-hybridized carbons (Fsp3) is 0.533. The van der Waals surface area contributed by atoms with Crippen LogP contribution in [-0.4, -0.2) is 43.0 Å². The maximum Gasteiger partial charge on any atom is 0.182 e. The Labute approximate surface area is 117 Å². The van der Waals surface area contributed by atoms with Crippen molar-refractivity contribution < 1.29 is 18.3 Å². The second kappa shape index (κ2) is 6.90. The van der Waals surface area contributed by atoms with Crippen molar-refractivity contribution in [2.24, 2.45) is 0 Å². The fourth-order valence-corrected chi connectivity index (χ4v) is 2.52. The molecule has 0 N–H and O–H groups in total.